The van der Waals surface area contributed by atoms with Crippen LogP contribution in [0.25, 0.3) is 0 Å². The van der Waals surface area contributed by atoms with Crippen LogP contribution in [-0.2, 0) is 0 Å². The van der Waals surface area contributed by atoms with Crippen LogP contribution in [0, 0.1) is 23.4 Å². The fraction of sp³-hybridized carbons (Fsp3) is 0.600. The second-order valence-corrected chi connectivity index (χ2v) is 6.45. The van der Waals surface area contributed by atoms with Gasteiger partial charge in [0.1, 0.15) is 5.82 Å². The van der Waals surface area contributed by atoms with Gasteiger partial charge in [0.05, 0.1) is 5.69 Å². The molecule has 0 radical (unpaired) electrons. The van der Waals surface area contributed by atoms with Gasteiger partial charge in [-0.25, -0.2) is 13.2 Å². The molecule has 0 aromatic heterocycles. The number of anilines is 1. The Morgan fingerprint density at radius 1 is 1.25 bits per heavy atom. The minimum absolute atomic E-state index is 0.0285. The summed E-state index contributed by atoms with van der Waals surface area (Å²) < 4.78 is 40.2. The van der Waals surface area contributed by atoms with Crippen molar-refractivity contribution >= 4 is 5.69 Å². The number of nitrogens with one attached hydrogen (secondary N) is 1. The van der Waals surface area contributed by atoms with E-state index in [1.165, 1.54) is 0 Å². The van der Waals surface area contributed by atoms with Crippen LogP contribution < -0.4 is 10.2 Å². The average Bonchev–Trinajstić information content (AvgIpc) is 2.79. The molecule has 1 aliphatic heterocycles. The van der Waals surface area contributed by atoms with E-state index >= 15 is 0 Å². The molecule has 20 heavy (non-hydrogen) atoms. The van der Waals surface area contributed by atoms with Gasteiger partial charge in [0.15, 0.2) is 11.6 Å². The first-order valence-corrected chi connectivity index (χ1v) is 6.91. The molecule has 0 saturated carbocycles. The number of nitrogens with zero attached hydrogens (tertiary/aromatic N) is 1. The molecule has 0 bridgehead atoms. The molecule has 0 amide bonds. The van der Waals surface area contributed by atoms with Crippen LogP contribution in [0.15, 0.2) is 12.1 Å². The third-order valence-corrected chi connectivity index (χ3v) is 3.52. The highest BCUT2D eigenvalue weighted by Crippen LogP contribution is 2.28. The average molecular weight is 286 g/mol. The van der Waals surface area contributed by atoms with Crippen LogP contribution >= 0.6 is 0 Å². The summed E-state index contributed by atoms with van der Waals surface area (Å²) in [4.78, 5) is 1.72. The summed E-state index contributed by atoms with van der Waals surface area (Å²) in [6, 6.07) is 1.64. The van der Waals surface area contributed by atoms with Crippen molar-refractivity contribution in [2.45, 2.75) is 32.7 Å². The molecular formula is C15H21F3N2. The van der Waals surface area contributed by atoms with E-state index in [0.717, 1.165) is 19.0 Å². The number of rotatable bonds is 3. The maximum Gasteiger partial charge on any atom is 0.182 e. The Kier molecular flexibility index (Phi) is 4.28. The van der Waals surface area contributed by atoms with E-state index in [9.17, 15) is 13.2 Å². The van der Waals surface area contributed by atoms with Gasteiger partial charge in [-0.2, -0.15) is 0 Å². The smallest absolute Gasteiger partial charge is 0.182 e. The van der Waals surface area contributed by atoms with Gasteiger partial charge >= 0.3 is 0 Å². The van der Waals surface area contributed by atoms with Crippen LogP contribution in [0.5, 0.6) is 0 Å². The van der Waals surface area contributed by atoms with Crippen molar-refractivity contribution in [3.05, 3.63) is 29.6 Å². The molecule has 2 nitrogen and oxygen atoms in total. The van der Waals surface area contributed by atoms with Gasteiger partial charge < -0.3 is 10.2 Å². The third-order valence-electron chi connectivity index (χ3n) is 3.52. The standard InChI is InChI=1S/C15H21F3N2/c1-15(2,3)19-8-10-4-5-20(9-10)13-7-11(16)6-12(17)14(13)18/h6-7,10,19H,4-5,8-9H2,1-3H3. The van der Waals surface area contributed by atoms with E-state index < -0.39 is 17.5 Å². The van der Waals surface area contributed by atoms with Gasteiger partial charge in [-0.1, -0.05) is 0 Å². The van der Waals surface area contributed by atoms with E-state index in [-0.39, 0.29) is 11.2 Å². The van der Waals surface area contributed by atoms with E-state index in [1.54, 1.807) is 4.90 Å². The van der Waals surface area contributed by atoms with Gasteiger partial charge in [-0.3, -0.25) is 0 Å². The lowest BCUT2D eigenvalue weighted by molar-refractivity contribution is 0.383. The van der Waals surface area contributed by atoms with Crippen molar-refractivity contribution in [1.82, 2.24) is 5.32 Å². The Balaban J connectivity index is 2.03. The Labute approximate surface area is 118 Å². The van der Waals surface area contributed by atoms with E-state index in [2.05, 4.69) is 26.1 Å². The van der Waals surface area contributed by atoms with Gasteiger partial charge in [0.2, 0.25) is 0 Å². The summed E-state index contributed by atoms with van der Waals surface area (Å²) in [5, 5.41) is 3.40. The maximum atomic E-state index is 13.7. The summed E-state index contributed by atoms with van der Waals surface area (Å²) in [6.45, 7) is 8.31. The van der Waals surface area contributed by atoms with Crippen molar-refractivity contribution in [1.29, 1.82) is 0 Å². The van der Waals surface area contributed by atoms with E-state index in [0.29, 0.717) is 25.1 Å². The first-order chi connectivity index (χ1) is 9.26. The van der Waals surface area contributed by atoms with Crippen molar-refractivity contribution in [2.24, 2.45) is 5.92 Å². The Morgan fingerprint density at radius 3 is 2.60 bits per heavy atom. The molecule has 0 aliphatic carbocycles. The lowest BCUT2D eigenvalue weighted by Gasteiger charge is -2.24. The fourth-order valence-electron chi connectivity index (χ4n) is 2.44. The van der Waals surface area contributed by atoms with Gasteiger partial charge in [-0.05, 0) is 33.1 Å². The molecule has 1 heterocycles. The first kappa shape index (κ1) is 15.2. The van der Waals surface area contributed by atoms with Crippen LogP contribution in [0.3, 0.4) is 0 Å². The predicted molar refractivity (Wildman–Crippen MR) is 74.4 cm³/mol. The largest absolute Gasteiger partial charge is 0.369 e. The highest BCUT2D eigenvalue weighted by Gasteiger charge is 2.27. The summed E-state index contributed by atoms with van der Waals surface area (Å²) in [5.74, 6) is -2.47. The quantitative estimate of drug-likeness (QED) is 0.858. The number of hydrogen-bond donors (Lipinski definition) is 1. The molecule has 1 atom stereocenters. The highest BCUT2D eigenvalue weighted by atomic mass is 19.2. The molecule has 112 valence electrons. The lowest BCUT2D eigenvalue weighted by Crippen LogP contribution is -2.39. The van der Waals surface area contributed by atoms with Crippen LogP contribution in [0.1, 0.15) is 27.2 Å². The first-order valence-electron chi connectivity index (χ1n) is 6.91. The molecule has 1 saturated heterocycles. The predicted octanol–water partition coefficient (Wildman–Crippen LogP) is 3.32. The third kappa shape index (κ3) is 3.66. The van der Waals surface area contributed by atoms with E-state index in [1.807, 2.05) is 0 Å². The van der Waals surface area contributed by atoms with Crippen molar-refractivity contribution < 1.29 is 13.2 Å². The molecule has 1 aromatic rings. The topological polar surface area (TPSA) is 15.3 Å². The minimum Gasteiger partial charge on any atom is -0.369 e. The second kappa shape index (κ2) is 5.64. The molecule has 1 aliphatic rings. The van der Waals surface area contributed by atoms with Crippen molar-refractivity contribution in [3.8, 4) is 0 Å². The SMILES string of the molecule is CC(C)(C)NCC1CCN(c2cc(F)cc(F)c2F)C1. The van der Waals surface area contributed by atoms with Crippen LogP contribution in [0.4, 0.5) is 18.9 Å². The van der Waals surface area contributed by atoms with Crippen LogP contribution in [-0.4, -0.2) is 25.2 Å². The van der Waals surface area contributed by atoms with Crippen molar-refractivity contribution in [3.63, 3.8) is 0 Å². The minimum atomic E-state index is -1.13. The monoisotopic (exact) mass is 286 g/mol. The number of benzene rings is 1. The molecule has 2 rings (SSSR count). The molecule has 1 fully saturated rings. The zero-order chi connectivity index (χ0) is 14.9. The van der Waals surface area contributed by atoms with Gasteiger partial charge in [0.25, 0.3) is 0 Å². The molecule has 5 heteroatoms. The summed E-state index contributed by atoms with van der Waals surface area (Å²) in [6.07, 6.45) is 0.890. The normalized spacial score (nSPS) is 19.7. The van der Waals surface area contributed by atoms with Gasteiger partial charge in [0, 0.05) is 37.3 Å². The summed E-state index contributed by atoms with van der Waals surface area (Å²) in [7, 11) is 0. The van der Waals surface area contributed by atoms with Gasteiger partial charge in [-0.15, -0.1) is 0 Å². The molecule has 1 N–H and O–H groups in total. The Morgan fingerprint density at radius 2 is 1.95 bits per heavy atom. The van der Waals surface area contributed by atoms with Crippen LogP contribution in [0.2, 0.25) is 0 Å². The summed E-state index contributed by atoms with van der Waals surface area (Å²) in [5.41, 5.74) is 0.0599. The molecule has 1 aromatic carbocycles. The van der Waals surface area contributed by atoms with E-state index in [4.69, 9.17) is 0 Å². The Bertz CT molecular complexity index is 483. The maximum absolute atomic E-state index is 13.7. The lowest BCUT2D eigenvalue weighted by atomic mass is 10.1. The number of hydrogen-bond acceptors (Lipinski definition) is 2. The van der Waals surface area contributed by atoms with Crippen molar-refractivity contribution in [2.75, 3.05) is 24.5 Å². The number of halogens is 3. The second-order valence-electron chi connectivity index (χ2n) is 6.45. The molecule has 1 unspecified atom stereocenters. The summed E-state index contributed by atoms with van der Waals surface area (Å²) >= 11 is 0. The fourth-order valence-corrected chi connectivity index (χ4v) is 2.44. The molecule has 0 spiro atoms. The zero-order valence-electron chi connectivity index (χ0n) is 12.1. The highest BCUT2D eigenvalue weighted by molar-refractivity contribution is 5.49. The Hall–Kier alpha value is -1.23. The zero-order valence-corrected chi connectivity index (χ0v) is 12.1. The molecular weight excluding hydrogens is 265 g/mol.